The molecule has 2 saturated heterocycles. The van der Waals surface area contributed by atoms with E-state index < -0.39 is 0 Å². The van der Waals surface area contributed by atoms with Gasteiger partial charge in [-0.25, -0.2) is 0 Å². The summed E-state index contributed by atoms with van der Waals surface area (Å²) in [7, 11) is 0. The molecule has 2 fully saturated rings. The van der Waals surface area contributed by atoms with Crippen LogP contribution in [0.15, 0.2) is 24.3 Å². The number of aliphatic hydroxyl groups excluding tert-OH is 1. The predicted octanol–water partition coefficient (Wildman–Crippen LogP) is 2.80. The molecule has 2 aliphatic heterocycles. The Morgan fingerprint density at radius 1 is 1.30 bits per heavy atom. The Hall–Kier alpha value is -1.06. The molecule has 1 N–H and O–H groups in total. The number of nitrogens with zero attached hydrogens (tertiary/aromatic N) is 2. The molecule has 2 aliphatic rings. The Balaban J connectivity index is 1.88. The molecule has 1 aromatic carbocycles. The van der Waals surface area contributed by atoms with E-state index in [4.69, 9.17) is 0 Å². The monoisotopic (exact) mass is 274 g/mol. The molecule has 0 aromatic heterocycles. The number of benzene rings is 1. The van der Waals surface area contributed by atoms with Crippen LogP contribution in [0.3, 0.4) is 0 Å². The molecule has 0 amide bonds. The molecule has 2 heterocycles. The molecule has 20 heavy (non-hydrogen) atoms. The van der Waals surface area contributed by atoms with Crippen LogP contribution in [0.25, 0.3) is 0 Å². The first-order valence-corrected chi connectivity index (χ1v) is 7.98. The molecular formula is C17H26N2O. The summed E-state index contributed by atoms with van der Waals surface area (Å²) in [5, 5.41) is 10.3. The van der Waals surface area contributed by atoms with Crippen molar-refractivity contribution in [1.29, 1.82) is 0 Å². The number of rotatable bonds is 3. The fourth-order valence-electron chi connectivity index (χ4n) is 3.77. The third-order valence-corrected chi connectivity index (χ3v) is 4.93. The van der Waals surface area contributed by atoms with E-state index in [-0.39, 0.29) is 6.10 Å². The van der Waals surface area contributed by atoms with Crippen molar-refractivity contribution in [3.63, 3.8) is 0 Å². The van der Waals surface area contributed by atoms with Gasteiger partial charge in [0, 0.05) is 36.4 Å². The molecule has 3 heteroatoms. The van der Waals surface area contributed by atoms with Crippen molar-refractivity contribution in [2.45, 2.75) is 51.3 Å². The number of fused-ring (bicyclic) bond motifs is 1. The minimum absolute atomic E-state index is 0.347. The maximum absolute atomic E-state index is 10.3. The zero-order valence-electron chi connectivity index (χ0n) is 12.6. The molecule has 0 bridgehead atoms. The van der Waals surface area contributed by atoms with Crippen LogP contribution in [0, 0.1) is 0 Å². The van der Waals surface area contributed by atoms with Gasteiger partial charge in [0.05, 0.1) is 6.10 Å². The van der Waals surface area contributed by atoms with Gasteiger partial charge in [0.25, 0.3) is 0 Å². The van der Waals surface area contributed by atoms with Crippen LogP contribution in [0.2, 0.25) is 0 Å². The van der Waals surface area contributed by atoms with E-state index in [1.165, 1.54) is 25.1 Å². The number of hydrogen-bond acceptors (Lipinski definition) is 3. The first-order chi connectivity index (χ1) is 9.70. The lowest BCUT2D eigenvalue weighted by atomic mass is 10.0. The highest BCUT2D eigenvalue weighted by Gasteiger charge is 2.35. The molecule has 0 radical (unpaired) electrons. The van der Waals surface area contributed by atoms with Gasteiger partial charge >= 0.3 is 0 Å². The van der Waals surface area contributed by atoms with Crippen LogP contribution in [-0.4, -0.2) is 41.7 Å². The summed E-state index contributed by atoms with van der Waals surface area (Å²) in [5.74, 6) is 0. The summed E-state index contributed by atoms with van der Waals surface area (Å²) >= 11 is 0. The van der Waals surface area contributed by atoms with E-state index in [0.29, 0.717) is 12.1 Å². The van der Waals surface area contributed by atoms with Gasteiger partial charge < -0.3 is 10.0 Å². The van der Waals surface area contributed by atoms with E-state index in [2.05, 4.69) is 34.9 Å². The van der Waals surface area contributed by atoms with Crippen molar-refractivity contribution in [2.24, 2.45) is 0 Å². The Labute approximate surface area is 122 Å². The van der Waals surface area contributed by atoms with E-state index in [0.717, 1.165) is 25.1 Å². The van der Waals surface area contributed by atoms with Gasteiger partial charge in [-0.15, -0.1) is 0 Å². The minimum atomic E-state index is -0.347. The van der Waals surface area contributed by atoms with Crippen LogP contribution in [0.1, 0.15) is 44.8 Å². The van der Waals surface area contributed by atoms with Crippen molar-refractivity contribution in [3.05, 3.63) is 29.8 Å². The first kappa shape index (κ1) is 13.9. The molecule has 3 atom stereocenters. The van der Waals surface area contributed by atoms with Crippen LogP contribution < -0.4 is 4.90 Å². The molecule has 3 nitrogen and oxygen atoms in total. The molecule has 1 aromatic rings. The maximum atomic E-state index is 10.3. The van der Waals surface area contributed by atoms with Gasteiger partial charge in [0.2, 0.25) is 0 Å². The molecule has 3 unspecified atom stereocenters. The fourth-order valence-corrected chi connectivity index (χ4v) is 3.77. The lowest BCUT2D eigenvalue weighted by Crippen LogP contribution is -2.55. The summed E-state index contributed by atoms with van der Waals surface area (Å²) in [5.41, 5.74) is 2.33. The second-order valence-electron chi connectivity index (χ2n) is 6.28. The van der Waals surface area contributed by atoms with Crippen molar-refractivity contribution in [1.82, 2.24) is 4.90 Å². The Kier molecular flexibility index (Phi) is 3.99. The van der Waals surface area contributed by atoms with Gasteiger partial charge in [-0.05, 0) is 38.8 Å². The normalized spacial score (nSPS) is 28.4. The van der Waals surface area contributed by atoms with E-state index >= 15 is 0 Å². The third-order valence-electron chi connectivity index (χ3n) is 4.93. The highest BCUT2D eigenvalue weighted by atomic mass is 16.3. The van der Waals surface area contributed by atoms with Crippen molar-refractivity contribution >= 4 is 5.69 Å². The maximum Gasteiger partial charge on any atom is 0.0807 e. The summed E-state index contributed by atoms with van der Waals surface area (Å²) in [4.78, 5) is 5.15. The largest absolute Gasteiger partial charge is 0.388 e. The second kappa shape index (κ2) is 5.74. The van der Waals surface area contributed by atoms with Crippen molar-refractivity contribution in [3.8, 4) is 0 Å². The van der Waals surface area contributed by atoms with E-state index in [1.54, 1.807) is 0 Å². The van der Waals surface area contributed by atoms with Gasteiger partial charge in [-0.1, -0.05) is 25.1 Å². The highest BCUT2D eigenvalue weighted by molar-refractivity contribution is 5.56. The van der Waals surface area contributed by atoms with Crippen molar-refractivity contribution in [2.75, 3.05) is 24.5 Å². The number of aliphatic hydroxyl groups is 1. The molecule has 0 saturated carbocycles. The lowest BCUT2D eigenvalue weighted by Gasteiger charge is -2.44. The van der Waals surface area contributed by atoms with Gasteiger partial charge in [0.15, 0.2) is 0 Å². The summed E-state index contributed by atoms with van der Waals surface area (Å²) in [6, 6.07) is 9.61. The Morgan fingerprint density at radius 3 is 2.90 bits per heavy atom. The zero-order valence-corrected chi connectivity index (χ0v) is 12.6. The minimum Gasteiger partial charge on any atom is -0.388 e. The number of para-hydroxylation sites is 1. The summed E-state index contributed by atoms with van der Waals surface area (Å²) in [6.07, 6.45) is 3.08. The molecular weight excluding hydrogens is 248 g/mol. The topological polar surface area (TPSA) is 26.7 Å². The van der Waals surface area contributed by atoms with E-state index in [1.807, 2.05) is 13.0 Å². The second-order valence-corrected chi connectivity index (χ2v) is 6.28. The van der Waals surface area contributed by atoms with Crippen LogP contribution in [0.4, 0.5) is 5.69 Å². The standard InChI is InChI=1S/C17H26N2O/c1-3-17(20)15-8-4-5-9-16(15)19-12-14-7-6-10-18(14)11-13(19)2/h4-5,8-9,13-14,17,20H,3,6-7,10-12H2,1-2H3. The smallest absolute Gasteiger partial charge is 0.0807 e. The third kappa shape index (κ3) is 2.45. The van der Waals surface area contributed by atoms with Crippen LogP contribution in [0.5, 0.6) is 0 Å². The SMILES string of the molecule is CCC(O)c1ccccc1N1CC2CCCN2CC1C. The highest BCUT2D eigenvalue weighted by Crippen LogP contribution is 2.33. The number of anilines is 1. The van der Waals surface area contributed by atoms with Crippen molar-refractivity contribution < 1.29 is 5.11 Å². The molecule has 110 valence electrons. The van der Waals surface area contributed by atoms with Gasteiger partial charge in [0.1, 0.15) is 0 Å². The average molecular weight is 274 g/mol. The molecule has 0 aliphatic carbocycles. The zero-order chi connectivity index (χ0) is 14.1. The Bertz CT molecular complexity index is 462. The lowest BCUT2D eigenvalue weighted by molar-refractivity contribution is 0.172. The average Bonchev–Trinajstić information content (AvgIpc) is 2.92. The quantitative estimate of drug-likeness (QED) is 0.918. The number of piperazine rings is 1. The molecule has 0 spiro atoms. The molecule has 3 rings (SSSR count). The van der Waals surface area contributed by atoms with Gasteiger partial charge in [-0.2, -0.15) is 0 Å². The van der Waals surface area contributed by atoms with Gasteiger partial charge in [-0.3, -0.25) is 4.90 Å². The summed E-state index contributed by atoms with van der Waals surface area (Å²) < 4.78 is 0. The van der Waals surface area contributed by atoms with Crippen LogP contribution in [-0.2, 0) is 0 Å². The Morgan fingerprint density at radius 2 is 2.10 bits per heavy atom. The van der Waals surface area contributed by atoms with E-state index in [9.17, 15) is 5.11 Å². The fraction of sp³-hybridized carbons (Fsp3) is 0.647. The number of hydrogen-bond donors (Lipinski definition) is 1. The predicted molar refractivity (Wildman–Crippen MR) is 83.1 cm³/mol. The first-order valence-electron chi connectivity index (χ1n) is 7.98. The summed E-state index contributed by atoms with van der Waals surface area (Å²) in [6.45, 7) is 7.88. The van der Waals surface area contributed by atoms with Crippen LogP contribution >= 0.6 is 0 Å².